The van der Waals surface area contributed by atoms with E-state index in [1.807, 2.05) is 60.7 Å². The molecule has 2 aliphatic carbocycles. The number of halogens is 6. The molecular formula is C74H58F6N2S2. The normalized spacial score (nSPS) is 14.5. The Labute approximate surface area is 492 Å². The van der Waals surface area contributed by atoms with Crippen molar-refractivity contribution < 1.29 is 26.3 Å². The number of fused-ring (bicyclic) bond motifs is 15. The van der Waals surface area contributed by atoms with Gasteiger partial charge in [-0.15, -0.1) is 22.7 Å². The third-order valence-electron chi connectivity index (χ3n) is 17.6. The Morgan fingerprint density at radius 3 is 1.02 bits per heavy atom. The molecule has 1 spiro atoms. The van der Waals surface area contributed by atoms with Crippen LogP contribution >= 0.6 is 22.7 Å². The number of hydrogen-bond acceptors (Lipinski definition) is 4. The van der Waals surface area contributed by atoms with Crippen molar-refractivity contribution >= 4 is 97.1 Å². The molecule has 0 saturated carbocycles. The molecule has 84 heavy (non-hydrogen) atoms. The van der Waals surface area contributed by atoms with E-state index in [0.29, 0.717) is 10.8 Å². The van der Waals surface area contributed by atoms with Gasteiger partial charge in [0.25, 0.3) is 0 Å². The number of hydrogen-bond donors (Lipinski definition) is 0. The fourth-order valence-electron chi connectivity index (χ4n) is 14.0. The summed E-state index contributed by atoms with van der Waals surface area (Å²) >= 11 is 2.35. The summed E-state index contributed by atoms with van der Waals surface area (Å²) in [5.74, 6) is 0. The Kier molecular flexibility index (Phi) is 12.0. The first-order valence-electron chi connectivity index (χ1n) is 28.3. The zero-order valence-electron chi connectivity index (χ0n) is 47.6. The van der Waals surface area contributed by atoms with E-state index in [2.05, 4.69) is 174 Å². The molecule has 0 bridgehead atoms. The second kappa shape index (κ2) is 18.7. The summed E-state index contributed by atoms with van der Waals surface area (Å²) < 4.78 is 91.3. The van der Waals surface area contributed by atoms with E-state index in [-0.39, 0.29) is 25.6 Å². The lowest BCUT2D eigenvalue weighted by atomic mass is 9.55. The van der Waals surface area contributed by atoms with Gasteiger partial charge in [0, 0.05) is 59.1 Å². The van der Waals surface area contributed by atoms with Crippen LogP contribution in [0.25, 0.3) is 51.5 Å². The molecule has 12 aromatic rings. The van der Waals surface area contributed by atoms with E-state index >= 15 is 0 Å². The Balaban J connectivity index is 1.09. The lowest BCUT2D eigenvalue weighted by Crippen LogP contribution is -2.40. The van der Waals surface area contributed by atoms with Crippen molar-refractivity contribution in [1.29, 1.82) is 0 Å². The van der Waals surface area contributed by atoms with Crippen molar-refractivity contribution in [2.45, 2.75) is 89.4 Å². The average Bonchev–Trinajstić information content (AvgIpc) is 1.42. The summed E-state index contributed by atoms with van der Waals surface area (Å²) in [6.07, 6.45) is -9.11. The molecule has 0 N–H and O–H groups in total. The van der Waals surface area contributed by atoms with Gasteiger partial charge in [0.2, 0.25) is 0 Å². The van der Waals surface area contributed by atoms with Crippen molar-refractivity contribution in [1.82, 2.24) is 0 Å². The Morgan fingerprint density at radius 1 is 0.321 bits per heavy atom. The predicted octanol–water partition coefficient (Wildman–Crippen LogP) is 23.0. The van der Waals surface area contributed by atoms with Crippen LogP contribution in [-0.2, 0) is 34.0 Å². The summed E-state index contributed by atoms with van der Waals surface area (Å²) in [5, 5.41) is 2.58. The van der Waals surface area contributed by atoms with Gasteiger partial charge in [-0.1, -0.05) is 201 Å². The highest BCUT2D eigenvalue weighted by Gasteiger charge is 2.54. The first kappa shape index (κ1) is 53.8. The maximum absolute atomic E-state index is 14.9. The van der Waals surface area contributed by atoms with Crippen LogP contribution in [0.1, 0.15) is 111 Å². The molecule has 418 valence electrons. The summed E-state index contributed by atoms with van der Waals surface area (Å²) in [6, 6.07) is 68.4. The lowest BCUT2D eigenvalue weighted by Gasteiger charge is -2.46. The molecule has 2 nitrogen and oxygen atoms in total. The van der Waals surface area contributed by atoms with Gasteiger partial charge in [0.05, 0.1) is 37.3 Å². The van der Waals surface area contributed by atoms with Gasteiger partial charge in [0.1, 0.15) is 0 Å². The van der Waals surface area contributed by atoms with Crippen LogP contribution in [0, 0.1) is 0 Å². The van der Waals surface area contributed by atoms with Crippen molar-refractivity contribution in [2.75, 3.05) is 9.80 Å². The predicted molar refractivity (Wildman–Crippen MR) is 338 cm³/mol. The van der Waals surface area contributed by atoms with Gasteiger partial charge < -0.3 is 9.80 Å². The van der Waals surface area contributed by atoms with Crippen molar-refractivity contribution in [3.05, 3.63) is 262 Å². The van der Waals surface area contributed by atoms with E-state index in [1.165, 1.54) is 69.2 Å². The highest BCUT2D eigenvalue weighted by atomic mass is 32.1. The summed E-state index contributed by atoms with van der Waals surface area (Å²) in [4.78, 5) is 4.49. The van der Waals surface area contributed by atoms with Crippen LogP contribution in [0.5, 0.6) is 0 Å². The number of alkyl halides is 6. The maximum Gasteiger partial charge on any atom is 0.417 e. The van der Waals surface area contributed by atoms with E-state index in [9.17, 15) is 26.3 Å². The number of thiophene rings is 2. The molecule has 14 rings (SSSR count). The van der Waals surface area contributed by atoms with E-state index in [0.717, 1.165) is 87.7 Å². The monoisotopic (exact) mass is 1150 g/mol. The third-order valence-corrected chi connectivity index (χ3v) is 20.2. The number of rotatable bonds is 6. The smallest absolute Gasteiger partial charge is 0.309 e. The zero-order chi connectivity index (χ0) is 58.6. The minimum Gasteiger partial charge on any atom is -0.309 e. The Morgan fingerprint density at radius 2 is 0.643 bits per heavy atom. The largest absolute Gasteiger partial charge is 0.417 e. The highest BCUT2D eigenvalue weighted by molar-refractivity contribution is 7.27. The number of para-hydroxylation sites is 2. The van der Waals surface area contributed by atoms with Gasteiger partial charge in [-0.25, -0.2) is 0 Å². The molecule has 2 heterocycles. The van der Waals surface area contributed by atoms with Crippen molar-refractivity contribution in [3.8, 4) is 11.1 Å². The van der Waals surface area contributed by atoms with Gasteiger partial charge in [-0.05, 0) is 127 Å². The summed E-state index contributed by atoms with van der Waals surface area (Å²) in [5.41, 5.74) is 12.8. The van der Waals surface area contributed by atoms with Crippen LogP contribution in [0.3, 0.4) is 0 Å². The Hall–Kier alpha value is -8.18. The zero-order valence-corrected chi connectivity index (χ0v) is 49.2. The summed E-state index contributed by atoms with van der Waals surface area (Å²) in [7, 11) is 0. The quantitative estimate of drug-likeness (QED) is 0.153. The minimum atomic E-state index is -4.56. The molecule has 2 aliphatic rings. The fourth-order valence-corrected chi connectivity index (χ4v) is 16.7. The van der Waals surface area contributed by atoms with E-state index in [4.69, 9.17) is 0 Å². The molecular weight excluding hydrogens is 1090 g/mol. The fraction of sp³-hybridized carbons (Fsp3) is 0.189. The van der Waals surface area contributed by atoms with Crippen LogP contribution in [-0.4, -0.2) is 0 Å². The molecule has 0 saturated heterocycles. The molecule has 10 heteroatoms. The molecule has 0 fully saturated rings. The number of nitrogens with zero attached hydrogens (tertiary/aromatic N) is 2. The van der Waals surface area contributed by atoms with Gasteiger partial charge in [0.15, 0.2) is 0 Å². The van der Waals surface area contributed by atoms with Crippen LogP contribution < -0.4 is 9.80 Å². The van der Waals surface area contributed by atoms with Crippen LogP contribution in [0.15, 0.2) is 206 Å². The molecule has 0 amide bonds. The third kappa shape index (κ3) is 7.96. The maximum atomic E-state index is 14.9. The molecule has 10 aromatic carbocycles. The van der Waals surface area contributed by atoms with Gasteiger partial charge in [-0.3, -0.25) is 0 Å². The average molecular weight is 1150 g/mol. The second-order valence-corrected chi connectivity index (χ2v) is 27.0. The number of anilines is 6. The van der Waals surface area contributed by atoms with E-state index in [1.54, 1.807) is 12.1 Å². The standard InChI is InChI=1S/C74H58F6N2S2/c1-69(2,3)57-29-13-15-33-61(57)81(63-35-19-23-47-45-21-17-31-59(73(75,76)77)65(45)83-67(47)63)43-37-39-51-49(41-43)50-42-44(38-40-52(50)72(51)55-27-11-9-25-53(55)71(7,8)54-26-10-12-28-56(54)72)82(62-34-16-14-30-58(62)70(4,5)6)64-36-20-24-48-46-22-18-32-60(74(78,79)80)66(46)84-68(48)64/h9-42H,1-8H3. The van der Waals surface area contributed by atoms with Crippen molar-refractivity contribution in [3.63, 3.8) is 0 Å². The first-order chi connectivity index (χ1) is 40.0. The van der Waals surface area contributed by atoms with Crippen LogP contribution in [0.4, 0.5) is 60.5 Å². The molecule has 2 aromatic heterocycles. The lowest BCUT2D eigenvalue weighted by molar-refractivity contribution is -0.137. The highest BCUT2D eigenvalue weighted by Crippen LogP contribution is 2.64. The second-order valence-electron chi connectivity index (χ2n) is 25.0. The topological polar surface area (TPSA) is 6.48 Å². The van der Waals surface area contributed by atoms with Crippen molar-refractivity contribution in [2.24, 2.45) is 0 Å². The molecule has 0 atom stereocenters. The summed E-state index contributed by atoms with van der Waals surface area (Å²) in [6.45, 7) is 17.7. The minimum absolute atomic E-state index is 0.191. The molecule has 0 aliphatic heterocycles. The first-order valence-corrected chi connectivity index (χ1v) is 29.9. The van der Waals surface area contributed by atoms with Gasteiger partial charge >= 0.3 is 12.4 Å². The SMILES string of the molecule is CC(C)(C)c1ccccc1N(c1ccc2c(c1)-c1cc(N(c3ccccc3C(C)(C)C)c3cccc4c3sc3c(C(F)(F)F)cccc34)ccc1C21c2ccccc2C(C)(C)c2ccccc21)c1cccc2c1sc1c(C(F)(F)F)cccc12. The molecule has 0 radical (unpaired) electrons. The molecule has 0 unspecified atom stereocenters. The van der Waals surface area contributed by atoms with Gasteiger partial charge in [-0.2, -0.15) is 26.3 Å². The Bertz CT molecular complexity index is 4380. The van der Waals surface area contributed by atoms with E-state index < -0.39 is 28.9 Å². The van der Waals surface area contributed by atoms with Crippen LogP contribution in [0.2, 0.25) is 0 Å². The number of benzene rings is 10.